The number of benzene rings is 1. The molecule has 0 aliphatic heterocycles. The van der Waals surface area contributed by atoms with Gasteiger partial charge in [-0.15, -0.1) is 0 Å². The fraction of sp³-hybridized carbons (Fsp3) is 0.571. The highest BCUT2D eigenvalue weighted by atomic mass is 16.5. The zero-order chi connectivity index (χ0) is 13.2. The third-order valence-electron chi connectivity index (χ3n) is 2.50. The second-order valence-electron chi connectivity index (χ2n) is 4.04. The molecule has 0 aliphatic carbocycles. The zero-order valence-corrected chi connectivity index (χ0v) is 11.4. The number of ether oxygens (including phenoxy) is 3. The average Bonchev–Trinajstić information content (AvgIpc) is 2.42. The molecular weight excluding hydrogens is 230 g/mol. The molecule has 0 amide bonds. The number of rotatable bonds is 9. The van der Waals surface area contributed by atoms with Gasteiger partial charge in [0.25, 0.3) is 0 Å². The molecule has 0 spiro atoms. The molecule has 102 valence electrons. The predicted molar refractivity (Wildman–Crippen MR) is 72.4 cm³/mol. The average molecular weight is 253 g/mol. The summed E-state index contributed by atoms with van der Waals surface area (Å²) in [4.78, 5) is 0. The Hall–Kier alpha value is -1.26. The van der Waals surface area contributed by atoms with Crippen molar-refractivity contribution in [2.45, 2.75) is 19.9 Å². The van der Waals surface area contributed by atoms with Crippen molar-refractivity contribution in [1.82, 2.24) is 5.32 Å². The van der Waals surface area contributed by atoms with Crippen LogP contribution in [0, 0.1) is 0 Å². The summed E-state index contributed by atoms with van der Waals surface area (Å²) >= 11 is 0. The van der Waals surface area contributed by atoms with Gasteiger partial charge in [0, 0.05) is 19.2 Å². The summed E-state index contributed by atoms with van der Waals surface area (Å²) in [7, 11) is 1.65. The Kier molecular flexibility index (Phi) is 7.22. The lowest BCUT2D eigenvalue weighted by molar-refractivity contribution is 0.126. The molecule has 18 heavy (non-hydrogen) atoms. The van der Waals surface area contributed by atoms with Crippen LogP contribution in [0.2, 0.25) is 0 Å². The van der Waals surface area contributed by atoms with Gasteiger partial charge in [-0.3, -0.25) is 0 Å². The summed E-state index contributed by atoms with van der Waals surface area (Å²) in [5, 5.41) is 3.34. The smallest absolute Gasteiger partial charge is 0.119 e. The second kappa shape index (κ2) is 8.78. The lowest BCUT2D eigenvalue weighted by atomic mass is 10.3. The van der Waals surface area contributed by atoms with Crippen molar-refractivity contribution in [2.24, 2.45) is 0 Å². The van der Waals surface area contributed by atoms with Gasteiger partial charge in [0.2, 0.25) is 0 Å². The molecule has 1 atom stereocenters. The summed E-state index contributed by atoms with van der Waals surface area (Å²) in [5.74, 6) is 1.70. The third kappa shape index (κ3) is 5.89. The lowest BCUT2D eigenvalue weighted by Gasteiger charge is -2.14. The normalized spacial score (nSPS) is 12.2. The summed E-state index contributed by atoms with van der Waals surface area (Å²) in [6.07, 6.45) is 0. The van der Waals surface area contributed by atoms with Gasteiger partial charge in [-0.2, -0.15) is 0 Å². The Morgan fingerprint density at radius 1 is 1.17 bits per heavy atom. The fourth-order valence-corrected chi connectivity index (χ4v) is 1.50. The van der Waals surface area contributed by atoms with Crippen LogP contribution in [0.1, 0.15) is 13.8 Å². The van der Waals surface area contributed by atoms with Gasteiger partial charge in [0.15, 0.2) is 0 Å². The molecule has 0 radical (unpaired) electrons. The van der Waals surface area contributed by atoms with Crippen LogP contribution in [0.25, 0.3) is 0 Å². The van der Waals surface area contributed by atoms with Crippen LogP contribution >= 0.6 is 0 Å². The van der Waals surface area contributed by atoms with Gasteiger partial charge in [-0.05, 0) is 38.1 Å². The van der Waals surface area contributed by atoms with E-state index in [1.54, 1.807) is 7.11 Å². The third-order valence-corrected chi connectivity index (χ3v) is 2.50. The molecule has 4 nitrogen and oxygen atoms in total. The van der Waals surface area contributed by atoms with Crippen LogP contribution < -0.4 is 14.8 Å². The van der Waals surface area contributed by atoms with E-state index in [1.807, 2.05) is 31.2 Å². The molecule has 4 heteroatoms. The highest BCUT2D eigenvalue weighted by Crippen LogP contribution is 2.16. The Labute approximate surface area is 109 Å². The van der Waals surface area contributed by atoms with E-state index in [9.17, 15) is 0 Å². The van der Waals surface area contributed by atoms with Gasteiger partial charge >= 0.3 is 0 Å². The first kappa shape index (κ1) is 14.8. The van der Waals surface area contributed by atoms with Crippen molar-refractivity contribution in [2.75, 3.05) is 33.5 Å². The molecule has 1 rings (SSSR count). The molecule has 0 bridgehead atoms. The zero-order valence-electron chi connectivity index (χ0n) is 11.4. The first-order valence-electron chi connectivity index (χ1n) is 6.34. The Bertz CT molecular complexity index is 313. The molecule has 0 aromatic heterocycles. The largest absolute Gasteiger partial charge is 0.497 e. The number of hydrogen-bond donors (Lipinski definition) is 1. The SMILES string of the molecule is CCOCC(C)NCCOc1ccc(OC)cc1. The quantitative estimate of drug-likeness (QED) is 0.684. The minimum absolute atomic E-state index is 0.351. The van der Waals surface area contributed by atoms with E-state index in [-0.39, 0.29) is 0 Å². The Morgan fingerprint density at radius 3 is 2.44 bits per heavy atom. The monoisotopic (exact) mass is 253 g/mol. The highest BCUT2D eigenvalue weighted by Gasteiger charge is 2.00. The first-order valence-corrected chi connectivity index (χ1v) is 6.34. The van der Waals surface area contributed by atoms with Crippen molar-refractivity contribution < 1.29 is 14.2 Å². The van der Waals surface area contributed by atoms with Gasteiger partial charge in [-0.1, -0.05) is 0 Å². The lowest BCUT2D eigenvalue weighted by Crippen LogP contribution is -2.33. The van der Waals surface area contributed by atoms with Crippen molar-refractivity contribution in [3.05, 3.63) is 24.3 Å². The highest BCUT2D eigenvalue weighted by molar-refractivity contribution is 5.31. The maximum absolute atomic E-state index is 5.60. The molecular formula is C14H23NO3. The van der Waals surface area contributed by atoms with E-state index in [0.717, 1.165) is 31.3 Å². The molecule has 0 aliphatic rings. The van der Waals surface area contributed by atoms with Gasteiger partial charge in [-0.25, -0.2) is 0 Å². The van der Waals surface area contributed by atoms with E-state index in [0.29, 0.717) is 12.6 Å². The molecule has 1 unspecified atom stereocenters. The van der Waals surface area contributed by atoms with Crippen LogP contribution in [0.5, 0.6) is 11.5 Å². The van der Waals surface area contributed by atoms with Gasteiger partial charge in [0.05, 0.1) is 13.7 Å². The summed E-state index contributed by atoms with van der Waals surface area (Å²) in [6, 6.07) is 7.94. The number of methoxy groups -OCH3 is 1. The molecule has 1 aromatic rings. The molecule has 1 aromatic carbocycles. The van der Waals surface area contributed by atoms with E-state index in [4.69, 9.17) is 14.2 Å². The molecule has 0 fully saturated rings. The molecule has 0 saturated carbocycles. The summed E-state index contributed by atoms with van der Waals surface area (Å²) < 4.78 is 16.0. The molecule has 0 saturated heterocycles. The fourth-order valence-electron chi connectivity index (χ4n) is 1.50. The van der Waals surface area contributed by atoms with Crippen molar-refractivity contribution in [3.63, 3.8) is 0 Å². The van der Waals surface area contributed by atoms with Crippen LogP contribution in [0.4, 0.5) is 0 Å². The number of hydrogen-bond acceptors (Lipinski definition) is 4. The Balaban J connectivity index is 2.13. The summed E-state index contributed by atoms with van der Waals surface area (Å²) in [6.45, 7) is 7.04. The van der Waals surface area contributed by atoms with E-state index < -0.39 is 0 Å². The van der Waals surface area contributed by atoms with E-state index in [1.165, 1.54) is 0 Å². The van der Waals surface area contributed by atoms with Crippen molar-refractivity contribution >= 4 is 0 Å². The second-order valence-corrected chi connectivity index (χ2v) is 4.04. The summed E-state index contributed by atoms with van der Waals surface area (Å²) in [5.41, 5.74) is 0. The van der Waals surface area contributed by atoms with Crippen molar-refractivity contribution in [1.29, 1.82) is 0 Å². The maximum atomic E-state index is 5.60. The van der Waals surface area contributed by atoms with Crippen LogP contribution in [0.3, 0.4) is 0 Å². The van der Waals surface area contributed by atoms with Crippen LogP contribution in [0.15, 0.2) is 24.3 Å². The topological polar surface area (TPSA) is 39.7 Å². The molecule has 0 heterocycles. The molecule has 1 N–H and O–H groups in total. The van der Waals surface area contributed by atoms with Crippen LogP contribution in [-0.2, 0) is 4.74 Å². The first-order chi connectivity index (χ1) is 8.76. The van der Waals surface area contributed by atoms with Crippen LogP contribution in [-0.4, -0.2) is 39.5 Å². The number of nitrogens with one attached hydrogen (secondary N) is 1. The van der Waals surface area contributed by atoms with Gasteiger partial charge < -0.3 is 19.5 Å². The van der Waals surface area contributed by atoms with Gasteiger partial charge in [0.1, 0.15) is 18.1 Å². The maximum Gasteiger partial charge on any atom is 0.119 e. The van der Waals surface area contributed by atoms with E-state index in [2.05, 4.69) is 12.2 Å². The predicted octanol–water partition coefficient (Wildman–Crippen LogP) is 2.09. The minimum atomic E-state index is 0.351. The van der Waals surface area contributed by atoms with Crippen molar-refractivity contribution in [3.8, 4) is 11.5 Å². The standard InChI is InChI=1S/C14H23NO3/c1-4-17-11-12(2)15-9-10-18-14-7-5-13(16-3)6-8-14/h5-8,12,15H,4,9-11H2,1-3H3. The minimum Gasteiger partial charge on any atom is -0.497 e. The van der Waals surface area contributed by atoms with E-state index >= 15 is 0 Å². The Morgan fingerprint density at radius 2 is 1.83 bits per heavy atom.